The van der Waals surface area contributed by atoms with Gasteiger partial charge in [0.05, 0.1) is 13.7 Å². The first kappa shape index (κ1) is 27.8. The molecule has 0 saturated carbocycles. The minimum Gasteiger partial charge on any atom is -0.493 e. The minimum absolute atomic E-state index is 0.0266. The molecule has 35 heavy (non-hydrogen) atoms. The van der Waals surface area contributed by atoms with Crippen LogP contribution in [0.1, 0.15) is 35.7 Å². The Labute approximate surface area is 205 Å². The van der Waals surface area contributed by atoms with E-state index >= 15 is 0 Å². The Hall–Kier alpha value is -3.43. The van der Waals surface area contributed by atoms with Crippen molar-refractivity contribution in [3.8, 4) is 11.5 Å². The zero-order chi connectivity index (χ0) is 25.6. The van der Waals surface area contributed by atoms with Gasteiger partial charge in [0.1, 0.15) is 0 Å². The van der Waals surface area contributed by atoms with Crippen molar-refractivity contribution in [1.29, 1.82) is 0 Å². The maximum atomic E-state index is 11.5. The molecule has 3 rings (SSSR count). The average Bonchev–Trinajstić information content (AvgIpc) is 2.85. The number of ether oxygens (including phenoxy) is 2. The van der Waals surface area contributed by atoms with Gasteiger partial charge >= 0.3 is 11.9 Å². The third-order valence-corrected chi connectivity index (χ3v) is 5.59. The van der Waals surface area contributed by atoms with Gasteiger partial charge < -0.3 is 24.6 Å². The van der Waals surface area contributed by atoms with Gasteiger partial charge in [0.2, 0.25) is 0 Å². The number of aliphatic carboxylic acids is 2. The Bertz CT molecular complexity index is 945. The SMILES string of the molecule is COc1cc(C(C)=O)ccc1OCCCCN1CCN(Cc2ccccc2)CC1.O=C(O)C(=O)O. The van der Waals surface area contributed by atoms with E-state index < -0.39 is 11.9 Å². The van der Waals surface area contributed by atoms with Gasteiger partial charge in [0.25, 0.3) is 0 Å². The number of unbranched alkanes of at least 4 members (excludes halogenated alkanes) is 1. The van der Waals surface area contributed by atoms with E-state index in [4.69, 9.17) is 29.3 Å². The zero-order valence-electron chi connectivity index (χ0n) is 20.3. The maximum Gasteiger partial charge on any atom is 0.414 e. The molecule has 0 amide bonds. The normalized spacial score (nSPS) is 13.9. The molecule has 2 N–H and O–H groups in total. The predicted molar refractivity (Wildman–Crippen MR) is 131 cm³/mol. The first-order valence-corrected chi connectivity index (χ1v) is 11.6. The quantitative estimate of drug-likeness (QED) is 0.297. The first-order chi connectivity index (χ1) is 16.8. The second-order valence-corrected chi connectivity index (χ2v) is 8.19. The van der Waals surface area contributed by atoms with Crippen LogP contribution in [-0.2, 0) is 16.1 Å². The van der Waals surface area contributed by atoms with Crippen molar-refractivity contribution in [3.05, 3.63) is 59.7 Å². The fraction of sp³-hybridized carbons (Fsp3) is 0.423. The monoisotopic (exact) mass is 486 g/mol. The number of carbonyl (C=O) groups is 3. The predicted octanol–water partition coefficient (Wildman–Crippen LogP) is 3.03. The Morgan fingerprint density at radius 3 is 2.06 bits per heavy atom. The molecular formula is C26H34N2O7. The van der Waals surface area contributed by atoms with Gasteiger partial charge in [0, 0.05) is 38.3 Å². The second kappa shape index (κ2) is 14.7. The summed E-state index contributed by atoms with van der Waals surface area (Å²) in [5.41, 5.74) is 2.03. The number of Topliss-reactive ketones (excluding diaryl/α,β-unsaturated/α-hetero) is 1. The molecule has 1 heterocycles. The molecular weight excluding hydrogens is 452 g/mol. The minimum atomic E-state index is -1.82. The molecule has 0 spiro atoms. The summed E-state index contributed by atoms with van der Waals surface area (Å²) in [6.45, 7) is 8.90. The van der Waals surface area contributed by atoms with Crippen molar-refractivity contribution in [1.82, 2.24) is 9.80 Å². The number of carboxylic acid groups (broad SMARTS) is 2. The number of benzene rings is 2. The number of carbonyl (C=O) groups excluding carboxylic acids is 1. The lowest BCUT2D eigenvalue weighted by atomic mass is 10.1. The molecule has 0 aromatic heterocycles. The van der Waals surface area contributed by atoms with Crippen LogP contribution in [-0.4, -0.2) is 84.2 Å². The van der Waals surface area contributed by atoms with E-state index in [0.29, 0.717) is 23.7 Å². The lowest BCUT2D eigenvalue weighted by Gasteiger charge is -2.34. The number of hydrogen-bond acceptors (Lipinski definition) is 7. The van der Waals surface area contributed by atoms with Gasteiger partial charge in [-0.1, -0.05) is 30.3 Å². The molecule has 0 unspecified atom stereocenters. The Kier molecular flexibility index (Phi) is 11.7. The molecule has 0 aliphatic carbocycles. The highest BCUT2D eigenvalue weighted by Crippen LogP contribution is 2.28. The molecule has 2 aromatic carbocycles. The molecule has 0 bridgehead atoms. The summed E-state index contributed by atoms with van der Waals surface area (Å²) in [6.07, 6.45) is 2.12. The van der Waals surface area contributed by atoms with Crippen molar-refractivity contribution in [2.45, 2.75) is 26.3 Å². The van der Waals surface area contributed by atoms with Crippen LogP contribution >= 0.6 is 0 Å². The summed E-state index contributed by atoms with van der Waals surface area (Å²) in [5, 5.41) is 14.8. The van der Waals surface area contributed by atoms with Gasteiger partial charge in [-0.25, -0.2) is 9.59 Å². The number of ketones is 1. The molecule has 9 heteroatoms. The third-order valence-electron chi connectivity index (χ3n) is 5.59. The number of methoxy groups -OCH3 is 1. The molecule has 1 saturated heterocycles. The Morgan fingerprint density at radius 1 is 0.857 bits per heavy atom. The van der Waals surface area contributed by atoms with Crippen molar-refractivity contribution in [2.24, 2.45) is 0 Å². The van der Waals surface area contributed by atoms with Crippen LogP contribution in [0, 0.1) is 0 Å². The van der Waals surface area contributed by atoms with E-state index in [1.807, 2.05) is 6.07 Å². The highest BCUT2D eigenvalue weighted by molar-refractivity contribution is 6.27. The summed E-state index contributed by atoms with van der Waals surface area (Å²) in [4.78, 5) is 34.8. The zero-order valence-corrected chi connectivity index (χ0v) is 20.3. The second-order valence-electron chi connectivity index (χ2n) is 8.19. The van der Waals surface area contributed by atoms with Gasteiger partial charge in [-0.2, -0.15) is 0 Å². The number of nitrogens with zero attached hydrogens (tertiary/aromatic N) is 2. The Balaban J connectivity index is 0.000000641. The molecule has 9 nitrogen and oxygen atoms in total. The highest BCUT2D eigenvalue weighted by atomic mass is 16.5. The number of hydrogen-bond donors (Lipinski definition) is 2. The van der Waals surface area contributed by atoms with Crippen LogP contribution in [0.5, 0.6) is 11.5 Å². The average molecular weight is 487 g/mol. The lowest BCUT2D eigenvalue weighted by molar-refractivity contribution is -0.159. The highest BCUT2D eigenvalue weighted by Gasteiger charge is 2.16. The van der Waals surface area contributed by atoms with E-state index in [0.717, 1.165) is 52.1 Å². The van der Waals surface area contributed by atoms with Gasteiger partial charge in [0.15, 0.2) is 17.3 Å². The van der Waals surface area contributed by atoms with Crippen molar-refractivity contribution in [3.63, 3.8) is 0 Å². The number of piperazine rings is 1. The number of carboxylic acids is 2. The number of rotatable bonds is 10. The van der Waals surface area contributed by atoms with Crippen molar-refractivity contribution >= 4 is 17.7 Å². The standard InChI is InChI=1S/C24H32N2O3.C2H2O4/c1-20(27)22-10-11-23(24(18-22)28-2)29-17-7-6-12-25-13-15-26(16-14-25)19-21-8-4-3-5-9-21;3-1(4)2(5)6/h3-5,8-11,18H,6-7,12-17,19H2,1-2H3;(H,3,4)(H,5,6). The molecule has 0 atom stereocenters. The summed E-state index contributed by atoms with van der Waals surface area (Å²) < 4.78 is 11.2. The third kappa shape index (κ3) is 10.2. The summed E-state index contributed by atoms with van der Waals surface area (Å²) >= 11 is 0. The van der Waals surface area contributed by atoms with Crippen molar-refractivity contribution < 1.29 is 34.1 Å². The Morgan fingerprint density at radius 2 is 1.49 bits per heavy atom. The van der Waals surface area contributed by atoms with Crippen LogP contribution < -0.4 is 9.47 Å². The van der Waals surface area contributed by atoms with Gasteiger partial charge in [-0.15, -0.1) is 0 Å². The van der Waals surface area contributed by atoms with E-state index in [2.05, 4.69) is 40.1 Å². The smallest absolute Gasteiger partial charge is 0.414 e. The maximum absolute atomic E-state index is 11.5. The molecule has 0 radical (unpaired) electrons. The molecule has 1 fully saturated rings. The van der Waals surface area contributed by atoms with Gasteiger partial charge in [-0.05, 0) is 50.1 Å². The van der Waals surface area contributed by atoms with Crippen LogP contribution in [0.2, 0.25) is 0 Å². The molecule has 1 aliphatic heterocycles. The lowest BCUT2D eigenvalue weighted by Crippen LogP contribution is -2.46. The van der Waals surface area contributed by atoms with Crippen LogP contribution in [0.3, 0.4) is 0 Å². The van der Waals surface area contributed by atoms with E-state index in [-0.39, 0.29) is 5.78 Å². The summed E-state index contributed by atoms with van der Waals surface area (Å²) in [5.74, 6) is -2.30. The van der Waals surface area contributed by atoms with Crippen LogP contribution in [0.15, 0.2) is 48.5 Å². The molecule has 1 aliphatic rings. The topological polar surface area (TPSA) is 117 Å². The fourth-order valence-electron chi connectivity index (χ4n) is 3.64. The van der Waals surface area contributed by atoms with E-state index in [1.165, 1.54) is 5.56 Å². The van der Waals surface area contributed by atoms with Crippen LogP contribution in [0.25, 0.3) is 0 Å². The molecule has 190 valence electrons. The van der Waals surface area contributed by atoms with Crippen LogP contribution in [0.4, 0.5) is 0 Å². The van der Waals surface area contributed by atoms with E-state index in [1.54, 1.807) is 26.2 Å². The van der Waals surface area contributed by atoms with E-state index in [9.17, 15) is 4.79 Å². The molecule has 2 aromatic rings. The summed E-state index contributed by atoms with van der Waals surface area (Å²) in [7, 11) is 1.60. The first-order valence-electron chi connectivity index (χ1n) is 11.6. The van der Waals surface area contributed by atoms with Gasteiger partial charge in [-0.3, -0.25) is 9.69 Å². The summed E-state index contributed by atoms with van der Waals surface area (Å²) in [6, 6.07) is 16.1. The fourth-order valence-corrected chi connectivity index (χ4v) is 3.64. The van der Waals surface area contributed by atoms with Crippen molar-refractivity contribution in [2.75, 3.05) is 46.4 Å². The largest absolute Gasteiger partial charge is 0.493 e.